The standard InChI is InChI=1S/C32H39ClN6O4/c1-21-17-23(7-8-27(21)33)31-26-20-36(22(2)41)14-11-28(26)38(34-31)19-25(42)18-35-12-9-24(10-13-35)39-30-6-4-3-5-29(30)37(15-16-40)32(39)43/h3-8,17,24-25,40,42H,9-16,18-20H2,1-2H3. The molecule has 1 amide bonds. The van der Waals surface area contributed by atoms with Gasteiger partial charge in [-0.05, 0) is 49.6 Å². The fourth-order valence-electron chi connectivity index (χ4n) is 6.75. The summed E-state index contributed by atoms with van der Waals surface area (Å²) < 4.78 is 5.48. The van der Waals surface area contributed by atoms with Gasteiger partial charge in [-0.15, -0.1) is 0 Å². The highest BCUT2D eigenvalue weighted by atomic mass is 35.5. The van der Waals surface area contributed by atoms with Gasteiger partial charge in [-0.2, -0.15) is 5.10 Å². The SMILES string of the molecule is CC(=O)N1CCc2c(c(-c3ccc(Cl)c(C)c3)nn2CC(O)CN2CCC(n3c(=O)n(CCO)c4ccccc43)CC2)C1. The summed E-state index contributed by atoms with van der Waals surface area (Å²) in [4.78, 5) is 29.6. The van der Waals surface area contributed by atoms with Gasteiger partial charge >= 0.3 is 5.69 Å². The normalized spacial score (nSPS) is 17.0. The molecule has 1 atom stereocenters. The van der Waals surface area contributed by atoms with Crippen molar-refractivity contribution >= 4 is 28.5 Å². The van der Waals surface area contributed by atoms with E-state index in [1.54, 1.807) is 11.5 Å². The van der Waals surface area contributed by atoms with Gasteiger partial charge in [0, 0.05) is 74.0 Å². The molecule has 2 N–H and O–H groups in total. The second kappa shape index (κ2) is 12.3. The van der Waals surface area contributed by atoms with E-state index >= 15 is 0 Å². The number of carbonyl (C=O) groups is 1. The Labute approximate surface area is 255 Å². The molecule has 2 aliphatic heterocycles. The lowest BCUT2D eigenvalue weighted by molar-refractivity contribution is -0.129. The molecule has 0 radical (unpaired) electrons. The Morgan fingerprint density at radius 1 is 1.09 bits per heavy atom. The molecule has 1 unspecified atom stereocenters. The van der Waals surface area contributed by atoms with E-state index in [1.807, 2.05) is 63.5 Å². The van der Waals surface area contributed by atoms with Crippen molar-refractivity contribution in [2.75, 3.05) is 32.8 Å². The van der Waals surface area contributed by atoms with E-state index in [1.165, 1.54) is 0 Å². The number of aliphatic hydroxyl groups excluding tert-OH is 2. The smallest absolute Gasteiger partial charge is 0.329 e. The second-order valence-electron chi connectivity index (χ2n) is 11.8. The molecule has 10 nitrogen and oxygen atoms in total. The first-order chi connectivity index (χ1) is 20.7. The van der Waals surface area contributed by atoms with Crippen molar-refractivity contribution in [1.82, 2.24) is 28.7 Å². The van der Waals surface area contributed by atoms with Gasteiger partial charge in [0.1, 0.15) is 0 Å². The summed E-state index contributed by atoms with van der Waals surface area (Å²) in [5.41, 5.74) is 6.52. The van der Waals surface area contributed by atoms with Crippen LogP contribution in [0.15, 0.2) is 47.3 Å². The predicted octanol–water partition coefficient (Wildman–Crippen LogP) is 3.22. The summed E-state index contributed by atoms with van der Waals surface area (Å²) in [6, 6.07) is 13.7. The molecule has 4 heterocycles. The highest BCUT2D eigenvalue weighted by molar-refractivity contribution is 6.31. The van der Waals surface area contributed by atoms with Crippen LogP contribution in [0.1, 0.15) is 42.6 Å². The number of likely N-dealkylation sites (tertiary alicyclic amines) is 1. The lowest BCUT2D eigenvalue weighted by Gasteiger charge is -2.33. The minimum Gasteiger partial charge on any atom is -0.395 e. The van der Waals surface area contributed by atoms with Crippen LogP contribution in [0.5, 0.6) is 0 Å². The molecule has 2 aliphatic rings. The van der Waals surface area contributed by atoms with Gasteiger partial charge in [0.15, 0.2) is 0 Å². The van der Waals surface area contributed by atoms with Crippen LogP contribution >= 0.6 is 11.6 Å². The first kappa shape index (κ1) is 29.6. The van der Waals surface area contributed by atoms with Crippen molar-refractivity contribution in [2.24, 2.45) is 0 Å². The number of aryl methyl sites for hydroxylation is 1. The Morgan fingerprint density at radius 3 is 2.53 bits per heavy atom. The fraction of sp³-hybridized carbons (Fsp3) is 0.469. The van der Waals surface area contributed by atoms with E-state index in [2.05, 4.69) is 4.90 Å². The average molecular weight is 607 g/mol. The number of piperidine rings is 1. The third-order valence-corrected chi connectivity index (χ3v) is 9.40. The average Bonchev–Trinajstić information content (AvgIpc) is 3.49. The van der Waals surface area contributed by atoms with E-state index in [-0.39, 0.29) is 30.8 Å². The molecule has 0 spiro atoms. The molecule has 4 aromatic rings. The van der Waals surface area contributed by atoms with E-state index in [4.69, 9.17) is 16.7 Å². The molecule has 6 rings (SSSR count). The molecule has 11 heteroatoms. The lowest BCUT2D eigenvalue weighted by atomic mass is 9.99. The number of rotatable bonds is 8. The van der Waals surface area contributed by atoms with Crippen LogP contribution in [0.25, 0.3) is 22.3 Å². The summed E-state index contributed by atoms with van der Waals surface area (Å²) in [6.45, 7) is 7.30. The Bertz CT molecular complexity index is 1700. The van der Waals surface area contributed by atoms with Gasteiger partial charge in [0.2, 0.25) is 5.91 Å². The van der Waals surface area contributed by atoms with Crippen molar-refractivity contribution in [1.29, 1.82) is 0 Å². The zero-order chi connectivity index (χ0) is 30.2. The summed E-state index contributed by atoms with van der Waals surface area (Å²) in [6.07, 6.45) is 1.67. The number of halogens is 1. The Morgan fingerprint density at radius 2 is 1.84 bits per heavy atom. The number of para-hydroxylation sites is 2. The largest absolute Gasteiger partial charge is 0.395 e. The number of imidazole rings is 1. The van der Waals surface area contributed by atoms with E-state index in [0.29, 0.717) is 37.6 Å². The van der Waals surface area contributed by atoms with Crippen LogP contribution in [0.3, 0.4) is 0 Å². The highest BCUT2D eigenvalue weighted by Crippen LogP contribution is 2.32. The first-order valence-electron chi connectivity index (χ1n) is 15.1. The third-order valence-electron chi connectivity index (χ3n) is 8.98. The number of hydrogen-bond donors (Lipinski definition) is 2. The fourth-order valence-corrected chi connectivity index (χ4v) is 6.87. The summed E-state index contributed by atoms with van der Waals surface area (Å²) >= 11 is 6.29. The summed E-state index contributed by atoms with van der Waals surface area (Å²) in [5.74, 6) is 0.0419. The van der Waals surface area contributed by atoms with E-state index in [0.717, 1.165) is 65.0 Å². The van der Waals surface area contributed by atoms with Crippen LogP contribution in [-0.4, -0.2) is 83.7 Å². The zero-order valence-corrected chi connectivity index (χ0v) is 25.5. The van der Waals surface area contributed by atoms with Crippen molar-refractivity contribution in [3.8, 4) is 11.3 Å². The predicted molar refractivity (Wildman–Crippen MR) is 166 cm³/mol. The zero-order valence-electron chi connectivity index (χ0n) is 24.7. The lowest BCUT2D eigenvalue weighted by Crippen LogP contribution is -2.42. The number of nitrogens with zero attached hydrogens (tertiary/aromatic N) is 6. The number of fused-ring (bicyclic) bond motifs is 2. The van der Waals surface area contributed by atoms with Crippen LogP contribution in [0.4, 0.5) is 0 Å². The van der Waals surface area contributed by atoms with Crippen LogP contribution in [0, 0.1) is 6.92 Å². The van der Waals surface area contributed by atoms with E-state index in [9.17, 15) is 19.8 Å². The Hall–Kier alpha value is -3.44. The molecule has 228 valence electrons. The molecule has 0 aliphatic carbocycles. The molecular weight excluding hydrogens is 568 g/mol. The number of aromatic nitrogens is 4. The number of hydrogen-bond acceptors (Lipinski definition) is 6. The van der Waals surface area contributed by atoms with Gasteiger partial charge in [0.25, 0.3) is 0 Å². The first-order valence-corrected chi connectivity index (χ1v) is 15.4. The quantitative estimate of drug-likeness (QED) is 0.319. The molecular formula is C32H39ClN6O4. The van der Waals surface area contributed by atoms with Crippen molar-refractivity contribution < 1.29 is 15.0 Å². The number of carbonyl (C=O) groups excluding carboxylic acids is 1. The molecule has 0 bridgehead atoms. The van der Waals surface area contributed by atoms with Crippen LogP contribution < -0.4 is 5.69 Å². The van der Waals surface area contributed by atoms with Gasteiger partial charge in [-0.25, -0.2) is 4.79 Å². The number of aliphatic hydroxyl groups is 2. The van der Waals surface area contributed by atoms with Gasteiger partial charge in [0.05, 0.1) is 42.5 Å². The maximum Gasteiger partial charge on any atom is 0.329 e. The van der Waals surface area contributed by atoms with Crippen molar-refractivity contribution in [3.05, 3.63) is 74.8 Å². The summed E-state index contributed by atoms with van der Waals surface area (Å²) in [5, 5.41) is 26.4. The number of benzene rings is 2. The maximum atomic E-state index is 13.3. The summed E-state index contributed by atoms with van der Waals surface area (Å²) in [7, 11) is 0. The van der Waals surface area contributed by atoms with Crippen LogP contribution in [0.2, 0.25) is 5.02 Å². The van der Waals surface area contributed by atoms with Crippen molar-refractivity contribution in [2.45, 2.75) is 64.9 Å². The molecule has 1 fully saturated rings. The van der Waals surface area contributed by atoms with Gasteiger partial charge in [-0.3, -0.25) is 18.6 Å². The minimum atomic E-state index is -0.625. The topological polar surface area (TPSA) is 109 Å². The molecule has 2 aromatic heterocycles. The monoisotopic (exact) mass is 606 g/mol. The maximum absolute atomic E-state index is 13.3. The van der Waals surface area contributed by atoms with Gasteiger partial charge < -0.3 is 20.0 Å². The third kappa shape index (κ3) is 5.76. The number of amides is 1. The second-order valence-corrected chi connectivity index (χ2v) is 12.2. The highest BCUT2D eigenvalue weighted by Gasteiger charge is 2.29. The molecule has 0 saturated carbocycles. The minimum absolute atomic E-state index is 0.0419. The Kier molecular flexibility index (Phi) is 8.46. The Balaban J connectivity index is 1.16. The molecule has 43 heavy (non-hydrogen) atoms. The van der Waals surface area contributed by atoms with Gasteiger partial charge in [-0.1, -0.05) is 29.8 Å². The van der Waals surface area contributed by atoms with Crippen LogP contribution in [-0.2, 0) is 30.8 Å². The molecule has 1 saturated heterocycles. The molecule has 2 aromatic carbocycles. The van der Waals surface area contributed by atoms with E-state index < -0.39 is 6.10 Å². The van der Waals surface area contributed by atoms with Crippen molar-refractivity contribution in [3.63, 3.8) is 0 Å². The number of β-amino-alcohol motifs (C(OH)–C–C–N with tert-alkyl or cyclic N) is 1.